The molecular formula is C27H35N7O7. The van der Waals surface area contributed by atoms with E-state index < -0.39 is 59.7 Å². The number of imidazole rings is 1. The van der Waals surface area contributed by atoms with Crippen molar-refractivity contribution in [2.24, 2.45) is 11.7 Å². The molecular weight excluding hydrogens is 534 g/mol. The lowest BCUT2D eigenvalue weighted by molar-refractivity contribution is -0.143. The lowest BCUT2D eigenvalue weighted by Crippen LogP contribution is -2.58. The number of nitrogens with zero attached hydrogens (tertiary/aromatic N) is 1. The van der Waals surface area contributed by atoms with Gasteiger partial charge in [-0.15, -0.1) is 0 Å². The van der Waals surface area contributed by atoms with E-state index in [1.165, 1.54) is 12.5 Å². The molecule has 3 rings (SSSR count). The van der Waals surface area contributed by atoms with E-state index >= 15 is 0 Å². The van der Waals surface area contributed by atoms with E-state index in [2.05, 4.69) is 30.9 Å². The van der Waals surface area contributed by atoms with Crippen molar-refractivity contribution in [3.63, 3.8) is 0 Å². The second-order valence-corrected chi connectivity index (χ2v) is 10.1. The zero-order valence-corrected chi connectivity index (χ0v) is 22.7. The highest BCUT2D eigenvalue weighted by atomic mass is 16.4. The third kappa shape index (κ3) is 8.63. The van der Waals surface area contributed by atoms with Crippen molar-refractivity contribution in [3.05, 3.63) is 54.2 Å². The van der Waals surface area contributed by atoms with Crippen molar-refractivity contribution in [2.45, 2.75) is 63.7 Å². The average molecular weight is 570 g/mol. The monoisotopic (exact) mass is 569 g/mol. The van der Waals surface area contributed by atoms with E-state index in [1.54, 1.807) is 20.0 Å². The Kier molecular flexibility index (Phi) is 10.6. The summed E-state index contributed by atoms with van der Waals surface area (Å²) in [6.45, 7) is 3.30. The fourth-order valence-electron chi connectivity index (χ4n) is 4.28. The minimum Gasteiger partial charge on any atom is -0.481 e. The van der Waals surface area contributed by atoms with Crippen LogP contribution in [-0.2, 0) is 36.8 Å². The molecule has 4 unspecified atom stereocenters. The molecule has 0 aliphatic heterocycles. The molecule has 0 radical (unpaired) electrons. The summed E-state index contributed by atoms with van der Waals surface area (Å²) in [5.41, 5.74) is 7.88. The lowest BCUT2D eigenvalue weighted by Gasteiger charge is -2.26. The minimum atomic E-state index is -1.22. The number of benzene rings is 1. The van der Waals surface area contributed by atoms with Crippen molar-refractivity contribution < 1.29 is 34.2 Å². The second-order valence-electron chi connectivity index (χ2n) is 10.1. The number of fused-ring (bicyclic) bond motifs is 1. The fraction of sp³-hybridized carbons (Fsp3) is 0.407. The van der Waals surface area contributed by atoms with Crippen molar-refractivity contribution >= 4 is 40.6 Å². The molecule has 2 heterocycles. The van der Waals surface area contributed by atoms with Crippen molar-refractivity contribution in [1.29, 1.82) is 0 Å². The van der Waals surface area contributed by atoms with E-state index in [0.717, 1.165) is 10.9 Å². The van der Waals surface area contributed by atoms with Gasteiger partial charge in [0, 0.05) is 48.3 Å². The lowest BCUT2D eigenvalue weighted by atomic mass is 10.0. The van der Waals surface area contributed by atoms with E-state index in [0.29, 0.717) is 11.3 Å². The highest BCUT2D eigenvalue weighted by Gasteiger charge is 2.32. The SMILES string of the molecule is CC(C)C(NC(=O)C(Cc1c[nH]c2ccccc12)NC(=O)C(Cc1cnc[nH]1)NC(=O)C(N)CCC(=O)O)C(=O)O. The maximum Gasteiger partial charge on any atom is 0.326 e. The van der Waals surface area contributed by atoms with Crippen LogP contribution in [0.3, 0.4) is 0 Å². The van der Waals surface area contributed by atoms with Crippen LogP contribution in [-0.4, -0.2) is 79.0 Å². The normalized spacial score (nSPS) is 14.1. The maximum absolute atomic E-state index is 13.6. The molecule has 220 valence electrons. The van der Waals surface area contributed by atoms with Crippen LogP contribution in [0.2, 0.25) is 0 Å². The first kappa shape index (κ1) is 30.8. The number of carbonyl (C=O) groups excluding carboxylic acids is 3. The number of aromatic nitrogens is 3. The molecule has 14 nitrogen and oxygen atoms in total. The van der Waals surface area contributed by atoms with Crippen LogP contribution in [0.15, 0.2) is 43.0 Å². The van der Waals surface area contributed by atoms with Gasteiger partial charge in [-0.3, -0.25) is 19.2 Å². The van der Waals surface area contributed by atoms with E-state index in [9.17, 15) is 29.1 Å². The molecule has 3 aromatic rings. The summed E-state index contributed by atoms with van der Waals surface area (Å²) in [6, 6.07) is 2.59. The summed E-state index contributed by atoms with van der Waals surface area (Å²) >= 11 is 0. The Morgan fingerprint density at radius 3 is 2.22 bits per heavy atom. The highest BCUT2D eigenvalue weighted by molar-refractivity contribution is 5.95. The number of carbonyl (C=O) groups is 5. The van der Waals surface area contributed by atoms with Gasteiger partial charge in [-0.2, -0.15) is 0 Å². The molecule has 0 saturated heterocycles. The van der Waals surface area contributed by atoms with E-state index in [4.69, 9.17) is 10.8 Å². The van der Waals surface area contributed by atoms with Crippen LogP contribution in [0.5, 0.6) is 0 Å². The average Bonchev–Trinajstić information content (AvgIpc) is 3.59. The van der Waals surface area contributed by atoms with Crippen LogP contribution < -0.4 is 21.7 Å². The molecule has 41 heavy (non-hydrogen) atoms. The van der Waals surface area contributed by atoms with Gasteiger partial charge in [0.25, 0.3) is 0 Å². The van der Waals surface area contributed by atoms with Crippen LogP contribution >= 0.6 is 0 Å². The van der Waals surface area contributed by atoms with Gasteiger partial charge in [0.1, 0.15) is 18.1 Å². The zero-order valence-electron chi connectivity index (χ0n) is 22.7. The van der Waals surface area contributed by atoms with Gasteiger partial charge in [0.2, 0.25) is 17.7 Å². The number of para-hydroxylation sites is 1. The molecule has 3 amide bonds. The maximum atomic E-state index is 13.6. The Hall–Kier alpha value is -4.72. The van der Waals surface area contributed by atoms with Gasteiger partial charge in [-0.25, -0.2) is 9.78 Å². The molecule has 0 aliphatic carbocycles. The van der Waals surface area contributed by atoms with Crippen LogP contribution in [0.1, 0.15) is 37.9 Å². The first-order chi connectivity index (χ1) is 19.5. The Bertz CT molecular complexity index is 1370. The molecule has 0 fully saturated rings. The van der Waals surface area contributed by atoms with Gasteiger partial charge in [0.15, 0.2) is 0 Å². The summed E-state index contributed by atoms with van der Waals surface area (Å²) in [5, 5.41) is 27.0. The number of amides is 3. The molecule has 0 aliphatic rings. The molecule has 1 aromatic carbocycles. The minimum absolute atomic E-state index is 0.0227. The number of hydrogen-bond acceptors (Lipinski definition) is 7. The van der Waals surface area contributed by atoms with Gasteiger partial charge >= 0.3 is 11.9 Å². The Morgan fingerprint density at radius 2 is 1.59 bits per heavy atom. The fourth-order valence-corrected chi connectivity index (χ4v) is 4.28. The number of H-pyrrole nitrogens is 2. The van der Waals surface area contributed by atoms with Gasteiger partial charge in [-0.1, -0.05) is 32.0 Å². The first-order valence-corrected chi connectivity index (χ1v) is 13.1. The largest absolute Gasteiger partial charge is 0.481 e. The summed E-state index contributed by atoms with van der Waals surface area (Å²) in [5.74, 6) is -4.95. The summed E-state index contributed by atoms with van der Waals surface area (Å²) in [4.78, 5) is 72.2. The molecule has 14 heteroatoms. The van der Waals surface area contributed by atoms with Crippen molar-refractivity contribution in [3.8, 4) is 0 Å². The quantitative estimate of drug-likeness (QED) is 0.123. The molecule has 4 atom stereocenters. The number of hydrogen-bond donors (Lipinski definition) is 8. The summed E-state index contributed by atoms with van der Waals surface area (Å²) in [7, 11) is 0. The number of aromatic amines is 2. The zero-order chi connectivity index (χ0) is 30.1. The first-order valence-electron chi connectivity index (χ1n) is 13.1. The van der Waals surface area contributed by atoms with Gasteiger partial charge in [-0.05, 0) is 24.0 Å². The number of carboxylic acid groups (broad SMARTS) is 2. The number of nitrogens with two attached hydrogens (primary N) is 1. The topological polar surface area (TPSA) is 232 Å². The number of nitrogens with one attached hydrogen (secondary N) is 5. The van der Waals surface area contributed by atoms with E-state index in [1.807, 2.05) is 24.3 Å². The molecule has 2 aromatic heterocycles. The van der Waals surface area contributed by atoms with E-state index in [-0.39, 0.29) is 25.7 Å². The third-order valence-corrected chi connectivity index (χ3v) is 6.58. The number of aliphatic carboxylic acids is 2. The second kappa shape index (κ2) is 14.1. The Labute approximate surface area is 235 Å². The van der Waals surface area contributed by atoms with Crippen LogP contribution in [0.25, 0.3) is 10.9 Å². The number of rotatable bonds is 15. The molecule has 0 bridgehead atoms. The van der Waals surface area contributed by atoms with Crippen molar-refractivity contribution in [1.82, 2.24) is 30.9 Å². The third-order valence-electron chi connectivity index (χ3n) is 6.58. The van der Waals surface area contributed by atoms with Gasteiger partial charge < -0.3 is 41.9 Å². The predicted octanol–water partition coefficient (Wildman–Crippen LogP) is 0.0633. The highest BCUT2D eigenvalue weighted by Crippen LogP contribution is 2.19. The Balaban J connectivity index is 1.86. The van der Waals surface area contributed by atoms with Gasteiger partial charge in [0.05, 0.1) is 12.4 Å². The molecule has 0 saturated carbocycles. The standard InChI is InChI=1S/C27H35N7O7/c1-14(2)23(27(40)41)34-26(39)20(9-15-11-30-19-6-4-3-5-17(15)19)33-25(38)21(10-16-12-29-13-31-16)32-24(37)18(28)7-8-22(35)36/h3-6,11-14,18,20-21,23,30H,7-10,28H2,1-2H3,(H,29,31)(H,32,37)(H,33,38)(H,34,39)(H,35,36)(H,40,41). The summed E-state index contributed by atoms with van der Waals surface area (Å²) < 4.78 is 0. The van der Waals surface area contributed by atoms with Crippen LogP contribution in [0.4, 0.5) is 0 Å². The molecule has 0 spiro atoms. The number of carboxylic acids is 2. The Morgan fingerprint density at radius 1 is 0.927 bits per heavy atom. The van der Waals surface area contributed by atoms with Crippen molar-refractivity contribution in [2.75, 3.05) is 0 Å². The molecule has 9 N–H and O–H groups in total. The smallest absolute Gasteiger partial charge is 0.326 e. The van der Waals surface area contributed by atoms with Crippen LogP contribution in [0, 0.1) is 5.92 Å². The predicted molar refractivity (Wildman–Crippen MR) is 147 cm³/mol. The summed E-state index contributed by atoms with van der Waals surface area (Å²) in [6.07, 6.45) is 4.09.